The Balaban J connectivity index is 1.54. The summed E-state index contributed by atoms with van der Waals surface area (Å²) in [6, 6.07) is 28.2. The number of carbonyl (C=O) groups excluding carboxylic acids is 1. The van der Waals surface area contributed by atoms with E-state index in [4.69, 9.17) is 0 Å². The van der Waals surface area contributed by atoms with E-state index in [1.807, 2.05) is 84.7 Å². The molecule has 6 heteroatoms. The average molecular weight is 416 g/mol. The fourth-order valence-electron chi connectivity index (χ4n) is 3.35. The molecule has 0 atom stereocenters. The summed E-state index contributed by atoms with van der Waals surface area (Å²) in [4.78, 5) is 23.3. The molecule has 29 heavy (non-hydrogen) atoms. The summed E-state index contributed by atoms with van der Waals surface area (Å²) in [7, 11) is 2.00. The number of aliphatic imine (C=N–C) groups is 1. The highest BCUT2D eigenvalue weighted by atomic mass is 32.2. The first-order valence-corrected chi connectivity index (χ1v) is 10.8. The first-order valence-electron chi connectivity index (χ1n) is 9.18. The van der Waals surface area contributed by atoms with E-state index in [1.54, 1.807) is 11.8 Å². The van der Waals surface area contributed by atoms with Gasteiger partial charge >= 0.3 is 0 Å². The lowest BCUT2D eigenvalue weighted by Gasteiger charge is -2.24. The van der Waals surface area contributed by atoms with E-state index >= 15 is 0 Å². The van der Waals surface area contributed by atoms with Crippen LogP contribution in [0.4, 0.5) is 17.1 Å². The monoisotopic (exact) mass is 415 g/mol. The Morgan fingerprint density at radius 3 is 2.00 bits per heavy atom. The van der Waals surface area contributed by atoms with E-state index in [0.717, 1.165) is 27.0 Å². The van der Waals surface area contributed by atoms with E-state index in [0.29, 0.717) is 10.1 Å². The minimum Gasteiger partial charge on any atom is -0.337 e. The minimum absolute atomic E-state index is 0.191. The van der Waals surface area contributed by atoms with Gasteiger partial charge in [0.05, 0.1) is 10.7 Å². The van der Waals surface area contributed by atoms with Crippen molar-refractivity contribution in [1.29, 1.82) is 0 Å². The second-order valence-electron chi connectivity index (χ2n) is 6.57. The predicted molar refractivity (Wildman–Crippen MR) is 123 cm³/mol. The van der Waals surface area contributed by atoms with Crippen LogP contribution < -0.4 is 9.80 Å². The summed E-state index contributed by atoms with van der Waals surface area (Å²) in [5.74, 6) is -0.191. The molecule has 0 spiro atoms. The standard InChI is InChI=1S/C23H17N3OS2/c1-25-18-14-8-9-15-19(18)28-22(25)20-21(27)24-23(29-20)26(16-10-4-2-5-11-16)17-12-6-3-7-13-17/h2-15H,1H3/b22-20-. The lowest BCUT2D eigenvalue weighted by Crippen LogP contribution is -2.21. The van der Waals surface area contributed by atoms with Gasteiger partial charge in [0.15, 0.2) is 5.17 Å². The predicted octanol–water partition coefficient (Wildman–Crippen LogP) is 5.87. The largest absolute Gasteiger partial charge is 0.337 e. The highest BCUT2D eigenvalue weighted by Crippen LogP contribution is 2.49. The first-order chi connectivity index (χ1) is 14.2. The number of carbonyl (C=O) groups is 1. The Bertz CT molecular complexity index is 1100. The van der Waals surface area contributed by atoms with E-state index in [9.17, 15) is 4.79 Å². The van der Waals surface area contributed by atoms with Gasteiger partial charge in [-0.3, -0.25) is 9.69 Å². The summed E-state index contributed by atoms with van der Waals surface area (Å²) in [6.07, 6.45) is 0. The van der Waals surface area contributed by atoms with Gasteiger partial charge in [-0.05, 0) is 48.2 Å². The normalized spacial score (nSPS) is 18.0. The van der Waals surface area contributed by atoms with Gasteiger partial charge in [-0.25, -0.2) is 0 Å². The number of anilines is 3. The van der Waals surface area contributed by atoms with Crippen LogP contribution in [0.2, 0.25) is 0 Å². The Morgan fingerprint density at radius 1 is 0.793 bits per heavy atom. The van der Waals surface area contributed by atoms with Gasteiger partial charge in [0.2, 0.25) is 0 Å². The molecule has 5 rings (SSSR count). The van der Waals surface area contributed by atoms with Crippen LogP contribution in [0, 0.1) is 0 Å². The van der Waals surface area contributed by atoms with Gasteiger partial charge in [-0.1, -0.05) is 60.3 Å². The molecule has 0 fully saturated rings. The van der Waals surface area contributed by atoms with Crippen LogP contribution in [-0.2, 0) is 4.79 Å². The number of thioether (sulfide) groups is 2. The van der Waals surface area contributed by atoms with Crippen molar-refractivity contribution < 1.29 is 4.79 Å². The third-order valence-electron chi connectivity index (χ3n) is 4.74. The summed E-state index contributed by atoms with van der Waals surface area (Å²) in [6.45, 7) is 0. The maximum Gasteiger partial charge on any atom is 0.289 e. The quantitative estimate of drug-likeness (QED) is 0.490. The second-order valence-corrected chi connectivity index (χ2v) is 8.58. The fourth-order valence-corrected chi connectivity index (χ4v) is 5.65. The van der Waals surface area contributed by atoms with Crippen LogP contribution in [-0.4, -0.2) is 18.1 Å². The smallest absolute Gasteiger partial charge is 0.289 e. The maximum absolute atomic E-state index is 12.9. The van der Waals surface area contributed by atoms with Gasteiger partial charge in [0.1, 0.15) is 4.91 Å². The molecule has 0 radical (unpaired) electrons. The fraction of sp³-hybridized carbons (Fsp3) is 0.0435. The lowest BCUT2D eigenvalue weighted by molar-refractivity contribution is -0.113. The molecule has 0 bridgehead atoms. The molecular weight excluding hydrogens is 398 g/mol. The van der Waals surface area contributed by atoms with Crippen molar-refractivity contribution >= 4 is 51.7 Å². The zero-order chi connectivity index (χ0) is 19.8. The topological polar surface area (TPSA) is 35.9 Å². The van der Waals surface area contributed by atoms with Crippen LogP contribution >= 0.6 is 23.5 Å². The SMILES string of the molecule is CN1/C(=C2/SC(N(c3ccccc3)c3ccccc3)=NC2=O)Sc2ccccc21. The van der Waals surface area contributed by atoms with Crippen molar-refractivity contribution in [2.75, 3.05) is 16.8 Å². The maximum atomic E-state index is 12.9. The number of nitrogens with zero attached hydrogens (tertiary/aromatic N) is 3. The molecule has 2 aliphatic heterocycles. The van der Waals surface area contributed by atoms with E-state index < -0.39 is 0 Å². The van der Waals surface area contributed by atoms with Crippen molar-refractivity contribution in [1.82, 2.24) is 0 Å². The molecule has 2 heterocycles. The molecule has 142 valence electrons. The highest BCUT2D eigenvalue weighted by molar-refractivity contribution is 8.19. The van der Waals surface area contributed by atoms with Crippen molar-refractivity contribution in [2.24, 2.45) is 4.99 Å². The third-order valence-corrected chi connectivity index (χ3v) is 7.13. The summed E-state index contributed by atoms with van der Waals surface area (Å²) < 4.78 is 0. The second kappa shape index (κ2) is 7.46. The number of hydrogen-bond donors (Lipinski definition) is 0. The minimum atomic E-state index is -0.191. The van der Waals surface area contributed by atoms with Crippen molar-refractivity contribution in [3.8, 4) is 0 Å². The van der Waals surface area contributed by atoms with E-state index in [-0.39, 0.29) is 5.91 Å². The molecule has 3 aromatic carbocycles. The number of amides is 1. The summed E-state index contributed by atoms with van der Waals surface area (Å²) in [5.41, 5.74) is 3.06. The van der Waals surface area contributed by atoms with Gasteiger partial charge in [-0.15, -0.1) is 0 Å². The summed E-state index contributed by atoms with van der Waals surface area (Å²) >= 11 is 3.05. The Morgan fingerprint density at radius 2 is 1.38 bits per heavy atom. The van der Waals surface area contributed by atoms with Gasteiger partial charge < -0.3 is 4.90 Å². The Kier molecular flexibility index (Phi) is 4.66. The summed E-state index contributed by atoms with van der Waals surface area (Å²) in [5, 5.41) is 1.60. The number of fused-ring (bicyclic) bond motifs is 1. The van der Waals surface area contributed by atoms with Gasteiger partial charge in [0.25, 0.3) is 5.91 Å². The number of rotatable bonds is 2. The van der Waals surface area contributed by atoms with Crippen molar-refractivity contribution in [3.63, 3.8) is 0 Å². The zero-order valence-electron chi connectivity index (χ0n) is 15.6. The number of para-hydroxylation sites is 3. The van der Waals surface area contributed by atoms with Crippen LogP contribution in [0.5, 0.6) is 0 Å². The molecule has 4 nitrogen and oxygen atoms in total. The molecule has 1 amide bonds. The van der Waals surface area contributed by atoms with Crippen LogP contribution in [0.1, 0.15) is 0 Å². The van der Waals surface area contributed by atoms with Crippen molar-refractivity contribution in [2.45, 2.75) is 4.90 Å². The van der Waals surface area contributed by atoms with E-state index in [1.165, 1.54) is 11.8 Å². The Labute approximate surface area is 177 Å². The molecule has 0 saturated heterocycles. The number of amidine groups is 1. The van der Waals surface area contributed by atoms with Gasteiger partial charge in [0, 0.05) is 23.3 Å². The highest BCUT2D eigenvalue weighted by Gasteiger charge is 2.35. The molecule has 3 aromatic rings. The molecule has 0 aromatic heterocycles. The molecule has 0 aliphatic carbocycles. The van der Waals surface area contributed by atoms with E-state index in [2.05, 4.69) is 22.0 Å². The van der Waals surface area contributed by atoms with Gasteiger partial charge in [-0.2, -0.15) is 4.99 Å². The first kappa shape index (κ1) is 18.1. The third kappa shape index (κ3) is 3.24. The van der Waals surface area contributed by atoms with Crippen LogP contribution in [0.15, 0.2) is 105 Å². The molecule has 2 aliphatic rings. The zero-order valence-corrected chi connectivity index (χ0v) is 17.3. The lowest BCUT2D eigenvalue weighted by atomic mass is 10.2. The Hall–Kier alpha value is -2.96. The molecular formula is C23H17N3OS2. The molecule has 0 unspecified atom stereocenters. The number of hydrogen-bond acceptors (Lipinski definition) is 5. The van der Waals surface area contributed by atoms with Crippen LogP contribution in [0.25, 0.3) is 0 Å². The van der Waals surface area contributed by atoms with Crippen LogP contribution in [0.3, 0.4) is 0 Å². The molecule has 0 saturated carbocycles. The molecule has 0 N–H and O–H groups in total. The average Bonchev–Trinajstić information content (AvgIpc) is 3.30. The number of benzene rings is 3. The van der Waals surface area contributed by atoms with Crippen molar-refractivity contribution in [3.05, 3.63) is 94.9 Å².